The van der Waals surface area contributed by atoms with Crippen molar-refractivity contribution in [2.24, 2.45) is 0 Å². The van der Waals surface area contributed by atoms with Gasteiger partial charge in [-0.3, -0.25) is 0 Å². The summed E-state index contributed by atoms with van der Waals surface area (Å²) in [6.07, 6.45) is 16.2. The fraction of sp³-hybridized carbons (Fsp3) is 0.375. The van der Waals surface area contributed by atoms with E-state index in [2.05, 4.69) is 130 Å². The molecule has 2 aromatic rings. The molecule has 2 nitrogen and oxygen atoms in total. The van der Waals surface area contributed by atoms with Crippen molar-refractivity contribution in [3.8, 4) is 0 Å². The van der Waals surface area contributed by atoms with Gasteiger partial charge in [0.05, 0.1) is 0 Å². The number of nitrogens with one attached hydrogen (secondary N) is 1. The Labute approximate surface area is 220 Å². The lowest BCUT2D eigenvalue weighted by atomic mass is 10.0. The Morgan fingerprint density at radius 2 is 1.51 bits per heavy atom. The fourth-order valence-electron chi connectivity index (χ4n) is 3.28. The predicted molar refractivity (Wildman–Crippen MR) is 165 cm³/mol. The maximum Gasteiger partial charge on any atom is 0.0378 e. The second kappa shape index (κ2) is 17.7. The molecule has 0 aliphatic heterocycles. The minimum atomic E-state index is 0.906. The van der Waals surface area contributed by atoms with Crippen molar-refractivity contribution in [3.63, 3.8) is 0 Å². The van der Waals surface area contributed by atoms with Gasteiger partial charge in [-0.1, -0.05) is 73.6 Å². The Bertz CT molecular complexity index is 1010. The highest BCUT2D eigenvalue weighted by molar-refractivity contribution is 7.80. The highest BCUT2D eigenvalue weighted by Gasteiger charge is 2.05. The molecule has 3 heteroatoms. The van der Waals surface area contributed by atoms with E-state index in [1.165, 1.54) is 38.7 Å². The monoisotopic (exact) mass is 490 g/mol. The molecular formula is C32H46N2S. The number of rotatable bonds is 12. The molecule has 190 valence electrons. The molecule has 0 aromatic heterocycles. The molecule has 0 saturated carbocycles. The molecular weight excluding hydrogens is 444 g/mol. The molecule has 0 atom stereocenters. The number of benzene rings is 2. The van der Waals surface area contributed by atoms with Gasteiger partial charge in [0, 0.05) is 25.3 Å². The van der Waals surface area contributed by atoms with Crippen LogP contribution in [-0.4, -0.2) is 25.4 Å². The van der Waals surface area contributed by atoms with Crippen molar-refractivity contribution in [1.82, 2.24) is 5.32 Å². The third-order valence-corrected chi connectivity index (χ3v) is 5.64. The van der Waals surface area contributed by atoms with Crippen molar-refractivity contribution in [2.45, 2.75) is 54.9 Å². The Morgan fingerprint density at radius 3 is 2.11 bits per heavy atom. The number of allylic oxidation sites excluding steroid dienone is 6. The first-order chi connectivity index (χ1) is 16.9. The van der Waals surface area contributed by atoms with E-state index in [4.69, 9.17) is 0 Å². The van der Waals surface area contributed by atoms with E-state index in [9.17, 15) is 0 Å². The Hall–Kier alpha value is -2.65. The molecule has 0 radical (unpaired) electrons. The molecule has 0 unspecified atom stereocenters. The standard InChI is InChI=1S/C30H40N2S.C2H6/c1-6-26(14-18-31-17-7-21-33)8-9-27-10-11-29-23-30(13-12-28(29)22-27)32(19-15-24(2)3)20-16-25(4)5;1-2/h6,8-16,18,22-23,31,33H,7,17,19-21H2,1-5H3;1-2H3/b9-8+,18-14-,26-6-;. The summed E-state index contributed by atoms with van der Waals surface area (Å²) in [6.45, 7) is 17.5. The third-order valence-electron chi connectivity index (χ3n) is 5.33. The van der Waals surface area contributed by atoms with Gasteiger partial charge in [-0.05, 0) is 99.2 Å². The minimum Gasteiger partial charge on any atom is -0.391 e. The second-order valence-electron chi connectivity index (χ2n) is 8.75. The third kappa shape index (κ3) is 12.0. The van der Waals surface area contributed by atoms with Gasteiger partial charge < -0.3 is 10.2 Å². The predicted octanol–water partition coefficient (Wildman–Crippen LogP) is 8.99. The SMILES string of the molecule is C/C=C(\C=C/NCCCS)/C=C/c1ccc2cc(N(CC=C(C)C)CC=C(C)C)ccc2c1.CC. The maximum atomic E-state index is 4.24. The molecule has 0 fully saturated rings. The summed E-state index contributed by atoms with van der Waals surface area (Å²) in [5, 5.41) is 5.83. The molecule has 2 aromatic carbocycles. The fourth-order valence-corrected chi connectivity index (χ4v) is 3.44. The van der Waals surface area contributed by atoms with Gasteiger partial charge in [0.15, 0.2) is 0 Å². The van der Waals surface area contributed by atoms with Crippen molar-refractivity contribution >= 4 is 35.2 Å². The highest BCUT2D eigenvalue weighted by atomic mass is 32.1. The molecule has 0 heterocycles. The smallest absolute Gasteiger partial charge is 0.0378 e. The van der Waals surface area contributed by atoms with Gasteiger partial charge in [0.25, 0.3) is 0 Å². The number of thiol groups is 1. The average molecular weight is 491 g/mol. The topological polar surface area (TPSA) is 15.3 Å². The van der Waals surface area contributed by atoms with Gasteiger partial charge in [0.2, 0.25) is 0 Å². The summed E-state index contributed by atoms with van der Waals surface area (Å²) >= 11 is 4.24. The van der Waals surface area contributed by atoms with E-state index < -0.39 is 0 Å². The Balaban J connectivity index is 0.00000298. The number of anilines is 1. The van der Waals surface area contributed by atoms with Crippen molar-refractivity contribution < 1.29 is 0 Å². The summed E-state index contributed by atoms with van der Waals surface area (Å²) in [6, 6.07) is 13.5. The zero-order chi connectivity index (χ0) is 26.1. The van der Waals surface area contributed by atoms with E-state index in [1.54, 1.807) is 0 Å². The summed E-state index contributed by atoms with van der Waals surface area (Å²) in [4.78, 5) is 2.42. The molecule has 0 saturated heterocycles. The van der Waals surface area contributed by atoms with Gasteiger partial charge in [-0.2, -0.15) is 12.6 Å². The van der Waals surface area contributed by atoms with Gasteiger partial charge >= 0.3 is 0 Å². The zero-order valence-electron chi connectivity index (χ0n) is 22.9. The Kier molecular flexibility index (Phi) is 15.4. The lowest BCUT2D eigenvalue weighted by Crippen LogP contribution is -2.23. The van der Waals surface area contributed by atoms with Crippen LogP contribution < -0.4 is 10.2 Å². The second-order valence-corrected chi connectivity index (χ2v) is 9.19. The number of hydrogen-bond acceptors (Lipinski definition) is 3. The summed E-state index contributed by atoms with van der Waals surface area (Å²) < 4.78 is 0. The molecule has 0 bridgehead atoms. The van der Waals surface area contributed by atoms with E-state index in [-0.39, 0.29) is 0 Å². The molecule has 35 heavy (non-hydrogen) atoms. The van der Waals surface area contributed by atoms with Crippen LogP contribution in [-0.2, 0) is 0 Å². The van der Waals surface area contributed by atoms with Crippen LogP contribution >= 0.6 is 12.6 Å². The van der Waals surface area contributed by atoms with Crippen LogP contribution in [0.2, 0.25) is 0 Å². The van der Waals surface area contributed by atoms with Crippen LogP contribution in [0.3, 0.4) is 0 Å². The summed E-state index contributed by atoms with van der Waals surface area (Å²) in [7, 11) is 0. The van der Waals surface area contributed by atoms with Crippen molar-refractivity contribution in [3.05, 3.63) is 95.3 Å². The summed E-state index contributed by atoms with van der Waals surface area (Å²) in [5.74, 6) is 0.906. The van der Waals surface area contributed by atoms with Crippen LogP contribution in [0.4, 0.5) is 5.69 Å². The average Bonchev–Trinajstić information content (AvgIpc) is 2.86. The molecule has 0 amide bonds. The van der Waals surface area contributed by atoms with Crippen molar-refractivity contribution in [1.29, 1.82) is 0 Å². The quantitative estimate of drug-likeness (QED) is 0.134. The molecule has 0 aliphatic carbocycles. The first-order valence-corrected chi connectivity index (χ1v) is 13.5. The minimum absolute atomic E-state index is 0.906. The van der Waals surface area contributed by atoms with Crippen LogP contribution in [0, 0.1) is 0 Å². The molecule has 2 rings (SSSR count). The van der Waals surface area contributed by atoms with Crippen LogP contribution in [0.25, 0.3) is 16.8 Å². The first kappa shape index (κ1) is 30.4. The van der Waals surface area contributed by atoms with E-state index in [0.29, 0.717) is 0 Å². The van der Waals surface area contributed by atoms with E-state index in [0.717, 1.165) is 31.8 Å². The van der Waals surface area contributed by atoms with E-state index >= 15 is 0 Å². The maximum absolute atomic E-state index is 4.24. The van der Waals surface area contributed by atoms with Gasteiger partial charge in [-0.25, -0.2) is 0 Å². The number of hydrogen-bond donors (Lipinski definition) is 2. The lowest BCUT2D eigenvalue weighted by Gasteiger charge is -2.23. The first-order valence-electron chi connectivity index (χ1n) is 12.8. The highest BCUT2D eigenvalue weighted by Crippen LogP contribution is 2.24. The van der Waals surface area contributed by atoms with Gasteiger partial charge in [0.1, 0.15) is 0 Å². The normalized spacial score (nSPS) is 11.4. The molecule has 1 N–H and O–H groups in total. The van der Waals surface area contributed by atoms with E-state index in [1.807, 2.05) is 20.0 Å². The van der Waals surface area contributed by atoms with Crippen LogP contribution in [0.5, 0.6) is 0 Å². The zero-order valence-corrected chi connectivity index (χ0v) is 23.8. The Morgan fingerprint density at radius 1 is 0.886 bits per heavy atom. The molecule has 0 spiro atoms. The molecule has 0 aliphatic rings. The number of fused-ring (bicyclic) bond motifs is 1. The lowest BCUT2D eigenvalue weighted by molar-refractivity contribution is 0.817. The largest absolute Gasteiger partial charge is 0.391 e. The summed E-state index contributed by atoms with van der Waals surface area (Å²) in [5.41, 5.74) is 6.33. The van der Waals surface area contributed by atoms with Gasteiger partial charge in [-0.15, -0.1) is 0 Å². The number of nitrogens with zero attached hydrogens (tertiary/aromatic N) is 1. The van der Waals surface area contributed by atoms with Crippen LogP contribution in [0.1, 0.15) is 60.5 Å². The van der Waals surface area contributed by atoms with Crippen molar-refractivity contribution in [2.75, 3.05) is 30.3 Å². The van der Waals surface area contributed by atoms with Crippen LogP contribution in [0.15, 0.2) is 89.7 Å².